The Morgan fingerprint density at radius 1 is 0.815 bits per heavy atom. The molecule has 0 saturated carbocycles. The summed E-state index contributed by atoms with van der Waals surface area (Å²) in [5, 5.41) is 30.8. The fourth-order valence-corrected chi connectivity index (χ4v) is 2.60. The molecule has 6 nitrogen and oxygen atoms in total. The zero-order valence-electron chi connectivity index (χ0n) is 14.2. The van der Waals surface area contributed by atoms with E-state index in [0.29, 0.717) is 0 Å². The maximum Gasteiger partial charge on any atom is 0.335 e. The summed E-state index contributed by atoms with van der Waals surface area (Å²) in [4.78, 5) is 23.3. The van der Waals surface area contributed by atoms with Crippen LogP contribution in [0.4, 0.5) is 0 Å². The maximum absolute atomic E-state index is 12.2. The molecular weight excluding hydrogens is 346 g/mol. The average molecular weight is 363 g/mol. The molecule has 3 aromatic rings. The van der Waals surface area contributed by atoms with Crippen molar-refractivity contribution < 1.29 is 24.9 Å². The highest BCUT2D eigenvalue weighted by Gasteiger charge is 2.14. The summed E-state index contributed by atoms with van der Waals surface area (Å²) in [6, 6.07) is 17.9. The van der Waals surface area contributed by atoms with Gasteiger partial charge in [-0.05, 0) is 47.0 Å². The van der Waals surface area contributed by atoms with Gasteiger partial charge in [-0.1, -0.05) is 36.4 Å². The highest BCUT2D eigenvalue weighted by Crippen LogP contribution is 2.22. The molecule has 0 unspecified atom stereocenters. The summed E-state index contributed by atoms with van der Waals surface area (Å²) in [6.07, 6.45) is 0. The minimum atomic E-state index is -1.17. The van der Waals surface area contributed by atoms with E-state index in [2.05, 4.69) is 5.32 Å². The predicted molar refractivity (Wildman–Crippen MR) is 99.8 cm³/mol. The summed E-state index contributed by atoms with van der Waals surface area (Å²) in [6.45, 7) is 0.228. The van der Waals surface area contributed by atoms with Crippen molar-refractivity contribution in [1.29, 1.82) is 0 Å². The average Bonchev–Trinajstić information content (AvgIpc) is 2.67. The molecule has 0 radical (unpaired) electrons. The van der Waals surface area contributed by atoms with Gasteiger partial charge in [-0.15, -0.1) is 0 Å². The van der Waals surface area contributed by atoms with Crippen LogP contribution in [0.15, 0.2) is 66.7 Å². The Kier molecular flexibility index (Phi) is 5.08. The van der Waals surface area contributed by atoms with Crippen LogP contribution in [0.25, 0.3) is 11.1 Å². The van der Waals surface area contributed by atoms with Gasteiger partial charge in [-0.3, -0.25) is 4.79 Å². The molecule has 0 atom stereocenters. The molecule has 3 aromatic carbocycles. The van der Waals surface area contributed by atoms with Gasteiger partial charge in [0.2, 0.25) is 0 Å². The molecule has 0 spiro atoms. The van der Waals surface area contributed by atoms with Crippen LogP contribution in [0.3, 0.4) is 0 Å². The van der Waals surface area contributed by atoms with Gasteiger partial charge in [0.05, 0.1) is 11.1 Å². The van der Waals surface area contributed by atoms with Gasteiger partial charge < -0.3 is 20.6 Å². The quantitative estimate of drug-likeness (QED) is 0.556. The van der Waals surface area contributed by atoms with Crippen LogP contribution in [0, 0.1) is 0 Å². The molecule has 0 aliphatic rings. The second kappa shape index (κ2) is 7.61. The molecule has 4 N–H and O–H groups in total. The van der Waals surface area contributed by atoms with Crippen molar-refractivity contribution in [3.05, 3.63) is 83.4 Å². The Morgan fingerprint density at radius 2 is 1.41 bits per heavy atom. The van der Waals surface area contributed by atoms with E-state index < -0.39 is 11.9 Å². The van der Waals surface area contributed by atoms with E-state index in [1.165, 1.54) is 12.1 Å². The minimum absolute atomic E-state index is 0.0730. The Labute approximate surface area is 155 Å². The van der Waals surface area contributed by atoms with Crippen LogP contribution in [0.2, 0.25) is 0 Å². The lowest BCUT2D eigenvalue weighted by Gasteiger charge is -2.09. The Bertz CT molecular complexity index is 978. The fraction of sp³-hybridized carbons (Fsp3) is 0.0476. The third-order valence-electron chi connectivity index (χ3n) is 4.10. The number of nitrogens with one attached hydrogen (secondary N) is 1. The van der Waals surface area contributed by atoms with Crippen molar-refractivity contribution in [3.8, 4) is 22.6 Å². The normalized spacial score (nSPS) is 10.4. The van der Waals surface area contributed by atoms with Crippen LogP contribution in [0.5, 0.6) is 11.5 Å². The predicted octanol–water partition coefficient (Wildman–Crippen LogP) is 3.39. The van der Waals surface area contributed by atoms with E-state index in [0.717, 1.165) is 22.8 Å². The number of amides is 1. The molecule has 0 aliphatic carbocycles. The molecule has 0 fully saturated rings. The first-order valence-electron chi connectivity index (χ1n) is 8.17. The van der Waals surface area contributed by atoms with Gasteiger partial charge in [0.15, 0.2) is 0 Å². The SMILES string of the molecule is O=C(O)c1ccc(O)c(C(=O)NCc2ccc(-c3ccc(O)cc3)cc2)c1. The number of benzene rings is 3. The second-order valence-corrected chi connectivity index (χ2v) is 5.96. The van der Waals surface area contributed by atoms with Crippen LogP contribution < -0.4 is 5.32 Å². The van der Waals surface area contributed by atoms with Crippen molar-refractivity contribution in [2.24, 2.45) is 0 Å². The Balaban J connectivity index is 1.68. The van der Waals surface area contributed by atoms with Gasteiger partial charge in [-0.2, -0.15) is 0 Å². The number of carboxylic acids is 1. The smallest absolute Gasteiger partial charge is 0.335 e. The van der Waals surface area contributed by atoms with Gasteiger partial charge in [0, 0.05) is 6.54 Å². The van der Waals surface area contributed by atoms with Crippen molar-refractivity contribution in [1.82, 2.24) is 5.32 Å². The minimum Gasteiger partial charge on any atom is -0.508 e. The number of aromatic hydroxyl groups is 2. The number of carboxylic acid groups (broad SMARTS) is 1. The Morgan fingerprint density at radius 3 is 2.00 bits per heavy atom. The molecule has 3 rings (SSSR count). The first-order valence-corrected chi connectivity index (χ1v) is 8.17. The molecule has 6 heteroatoms. The van der Waals surface area contributed by atoms with Crippen LogP contribution in [-0.2, 0) is 6.54 Å². The van der Waals surface area contributed by atoms with Crippen molar-refractivity contribution in [2.75, 3.05) is 0 Å². The van der Waals surface area contributed by atoms with Crippen molar-refractivity contribution in [2.45, 2.75) is 6.54 Å². The number of hydrogen-bond acceptors (Lipinski definition) is 4. The number of hydrogen-bond donors (Lipinski definition) is 4. The van der Waals surface area contributed by atoms with Crippen LogP contribution >= 0.6 is 0 Å². The van der Waals surface area contributed by atoms with E-state index >= 15 is 0 Å². The van der Waals surface area contributed by atoms with Crippen LogP contribution in [-0.4, -0.2) is 27.2 Å². The lowest BCUT2D eigenvalue weighted by molar-refractivity contribution is 0.0697. The molecule has 136 valence electrons. The number of phenols is 2. The molecule has 0 aromatic heterocycles. The molecule has 0 aliphatic heterocycles. The topological polar surface area (TPSA) is 107 Å². The van der Waals surface area contributed by atoms with E-state index in [-0.39, 0.29) is 29.2 Å². The van der Waals surface area contributed by atoms with Crippen molar-refractivity contribution in [3.63, 3.8) is 0 Å². The number of carbonyl (C=O) groups is 2. The van der Waals surface area contributed by atoms with E-state index in [9.17, 15) is 19.8 Å². The van der Waals surface area contributed by atoms with Gasteiger partial charge in [0.25, 0.3) is 5.91 Å². The molecule has 0 saturated heterocycles. The zero-order valence-corrected chi connectivity index (χ0v) is 14.2. The standard InChI is InChI=1S/C21H17NO5/c23-17-8-5-15(6-9-17)14-3-1-13(2-4-14)12-22-20(25)18-11-16(21(26)27)7-10-19(18)24/h1-11,23-24H,12H2,(H,22,25)(H,26,27). The first kappa shape index (κ1) is 18.0. The lowest BCUT2D eigenvalue weighted by Crippen LogP contribution is -2.23. The highest BCUT2D eigenvalue weighted by molar-refractivity contribution is 5.99. The van der Waals surface area contributed by atoms with Gasteiger partial charge >= 0.3 is 5.97 Å². The van der Waals surface area contributed by atoms with E-state index in [1.54, 1.807) is 12.1 Å². The third kappa shape index (κ3) is 4.24. The summed E-state index contributed by atoms with van der Waals surface area (Å²) >= 11 is 0. The number of rotatable bonds is 5. The molecule has 0 bridgehead atoms. The molecular formula is C21H17NO5. The summed E-state index contributed by atoms with van der Waals surface area (Å²) < 4.78 is 0. The summed E-state index contributed by atoms with van der Waals surface area (Å²) in [5.74, 6) is -1.81. The number of phenolic OH excluding ortho intramolecular Hbond substituents is 2. The largest absolute Gasteiger partial charge is 0.508 e. The van der Waals surface area contributed by atoms with E-state index in [4.69, 9.17) is 5.11 Å². The fourth-order valence-electron chi connectivity index (χ4n) is 2.60. The lowest BCUT2D eigenvalue weighted by atomic mass is 10.0. The second-order valence-electron chi connectivity index (χ2n) is 5.96. The highest BCUT2D eigenvalue weighted by atomic mass is 16.4. The van der Waals surface area contributed by atoms with Crippen LogP contribution in [0.1, 0.15) is 26.3 Å². The molecule has 1 amide bonds. The van der Waals surface area contributed by atoms with Gasteiger partial charge in [-0.25, -0.2) is 4.79 Å². The Hall–Kier alpha value is -3.80. The monoisotopic (exact) mass is 363 g/mol. The maximum atomic E-state index is 12.2. The number of aromatic carboxylic acids is 1. The summed E-state index contributed by atoms with van der Waals surface area (Å²) in [7, 11) is 0. The van der Waals surface area contributed by atoms with E-state index in [1.807, 2.05) is 36.4 Å². The third-order valence-corrected chi connectivity index (χ3v) is 4.10. The molecule has 0 heterocycles. The van der Waals surface area contributed by atoms with Crippen molar-refractivity contribution >= 4 is 11.9 Å². The molecule has 27 heavy (non-hydrogen) atoms. The zero-order chi connectivity index (χ0) is 19.4. The summed E-state index contributed by atoms with van der Waals surface area (Å²) in [5.41, 5.74) is 2.61. The first-order chi connectivity index (χ1) is 12.9. The van der Waals surface area contributed by atoms with Gasteiger partial charge in [0.1, 0.15) is 11.5 Å². The number of carbonyl (C=O) groups excluding carboxylic acids is 1.